The van der Waals surface area contributed by atoms with Crippen LogP contribution in [0.5, 0.6) is 0 Å². The molecule has 1 atom stereocenters. The zero-order valence-corrected chi connectivity index (χ0v) is 8.66. The fourth-order valence-corrected chi connectivity index (χ4v) is 2.32. The standard InChI is InChI=1S/C9H13F3N2O2/c10-9(11,12)16-8(15)14-5-4-13-3-1-2-7(13)6-14/h7H,1-6H2. The summed E-state index contributed by atoms with van der Waals surface area (Å²) < 4.78 is 38.9. The van der Waals surface area contributed by atoms with E-state index >= 15 is 0 Å². The van der Waals surface area contributed by atoms with E-state index in [-0.39, 0.29) is 6.04 Å². The monoisotopic (exact) mass is 238 g/mol. The summed E-state index contributed by atoms with van der Waals surface area (Å²) in [5.74, 6) is 0. The lowest BCUT2D eigenvalue weighted by atomic mass is 10.2. The Hall–Kier alpha value is -0.980. The quantitative estimate of drug-likeness (QED) is 0.640. The van der Waals surface area contributed by atoms with E-state index in [0.717, 1.165) is 24.3 Å². The van der Waals surface area contributed by atoms with Gasteiger partial charge >= 0.3 is 12.5 Å². The summed E-state index contributed by atoms with van der Waals surface area (Å²) in [6, 6.07) is 0.203. The second kappa shape index (κ2) is 4.12. The van der Waals surface area contributed by atoms with E-state index in [9.17, 15) is 18.0 Å². The molecular formula is C9H13F3N2O2. The number of nitrogens with zero attached hydrogens (tertiary/aromatic N) is 2. The number of hydrogen-bond acceptors (Lipinski definition) is 3. The van der Waals surface area contributed by atoms with Gasteiger partial charge < -0.3 is 9.64 Å². The average Bonchev–Trinajstić information content (AvgIpc) is 2.61. The second-order valence-electron chi connectivity index (χ2n) is 4.09. The van der Waals surface area contributed by atoms with Crippen LogP contribution in [0, 0.1) is 0 Å². The number of carbonyl (C=O) groups is 1. The van der Waals surface area contributed by atoms with Gasteiger partial charge in [-0.3, -0.25) is 4.90 Å². The van der Waals surface area contributed by atoms with E-state index in [1.807, 2.05) is 0 Å². The Morgan fingerprint density at radius 3 is 2.69 bits per heavy atom. The van der Waals surface area contributed by atoms with Gasteiger partial charge in [0.2, 0.25) is 0 Å². The highest BCUT2D eigenvalue weighted by Gasteiger charge is 2.39. The molecule has 0 N–H and O–H groups in total. The van der Waals surface area contributed by atoms with E-state index in [1.165, 1.54) is 0 Å². The number of amides is 1. The molecule has 2 fully saturated rings. The maximum Gasteiger partial charge on any atom is 0.576 e. The van der Waals surface area contributed by atoms with Gasteiger partial charge in [0.1, 0.15) is 0 Å². The van der Waals surface area contributed by atoms with Gasteiger partial charge in [-0.05, 0) is 19.4 Å². The summed E-state index contributed by atoms with van der Waals surface area (Å²) in [6.45, 7) is 2.27. The molecule has 0 aromatic rings. The van der Waals surface area contributed by atoms with Crippen molar-refractivity contribution in [3.8, 4) is 0 Å². The summed E-state index contributed by atoms with van der Waals surface area (Å²) in [5, 5.41) is 0. The first-order chi connectivity index (χ1) is 7.46. The Labute approximate surface area is 90.9 Å². The number of ether oxygens (including phenoxy) is 1. The van der Waals surface area contributed by atoms with Crippen LogP contribution in [0.25, 0.3) is 0 Å². The SMILES string of the molecule is O=C(OC(F)(F)F)N1CCN2CCCC2C1. The first kappa shape index (κ1) is 11.5. The number of piperazine rings is 1. The van der Waals surface area contributed by atoms with Crippen molar-refractivity contribution in [2.75, 3.05) is 26.2 Å². The molecule has 2 aliphatic rings. The second-order valence-corrected chi connectivity index (χ2v) is 4.09. The maximum atomic E-state index is 11.8. The Balaban J connectivity index is 1.89. The van der Waals surface area contributed by atoms with Crippen LogP contribution in [0.15, 0.2) is 0 Å². The van der Waals surface area contributed by atoms with Gasteiger partial charge in [-0.25, -0.2) is 4.79 Å². The molecule has 0 saturated carbocycles. The van der Waals surface area contributed by atoms with Gasteiger partial charge in [-0.1, -0.05) is 0 Å². The molecule has 92 valence electrons. The van der Waals surface area contributed by atoms with Crippen LogP contribution in [0.4, 0.5) is 18.0 Å². The van der Waals surface area contributed by atoms with Crippen LogP contribution < -0.4 is 0 Å². The molecule has 16 heavy (non-hydrogen) atoms. The first-order valence-corrected chi connectivity index (χ1v) is 5.24. The van der Waals surface area contributed by atoms with Gasteiger partial charge in [-0.2, -0.15) is 0 Å². The minimum atomic E-state index is -4.89. The molecule has 2 heterocycles. The number of carbonyl (C=O) groups excluding carboxylic acids is 1. The van der Waals surface area contributed by atoms with Crippen LogP contribution in [-0.4, -0.2) is 54.5 Å². The Morgan fingerprint density at radius 1 is 1.25 bits per heavy atom. The highest BCUT2D eigenvalue weighted by Crippen LogP contribution is 2.23. The minimum Gasteiger partial charge on any atom is -0.356 e. The molecule has 2 rings (SSSR count). The molecule has 2 saturated heterocycles. The molecule has 0 aliphatic carbocycles. The van der Waals surface area contributed by atoms with Crippen molar-refractivity contribution < 1.29 is 22.7 Å². The summed E-state index contributed by atoms with van der Waals surface area (Å²) >= 11 is 0. The molecule has 0 bridgehead atoms. The third kappa shape index (κ3) is 2.58. The first-order valence-electron chi connectivity index (χ1n) is 5.24. The van der Waals surface area contributed by atoms with Crippen LogP contribution in [0.2, 0.25) is 0 Å². The number of hydrogen-bond donors (Lipinski definition) is 0. The van der Waals surface area contributed by atoms with E-state index in [2.05, 4.69) is 9.64 Å². The highest BCUT2D eigenvalue weighted by molar-refractivity contribution is 5.68. The largest absolute Gasteiger partial charge is 0.576 e. The van der Waals surface area contributed by atoms with Crippen molar-refractivity contribution in [2.45, 2.75) is 25.2 Å². The van der Waals surface area contributed by atoms with Crippen LogP contribution >= 0.6 is 0 Å². The predicted molar refractivity (Wildman–Crippen MR) is 48.7 cm³/mol. The summed E-state index contributed by atoms with van der Waals surface area (Å²) in [6.07, 6.45) is -4.17. The lowest BCUT2D eigenvalue weighted by Gasteiger charge is -2.36. The van der Waals surface area contributed by atoms with E-state index in [0.29, 0.717) is 19.6 Å². The molecule has 0 aromatic heterocycles. The fourth-order valence-electron chi connectivity index (χ4n) is 2.32. The summed E-state index contributed by atoms with van der Waals surface area (Å²) in [7, 11) is 0. The van der Waals surface area contributed by atoms with Crippen LogP contribution in [-0.2, 0) is 4.74 Å². The normalized spacial score (nSPS) is 26.7. The van der Waals surface area contributed by atoms with Gasteiger partial charge in [-0.15, -0.1) is 13.2 Å². The van der Waals surface area contributed by atoms with Crippen molar-refractivity contribution in [3.05, 3.63) is 0 Å². The molecule has 0 spiro atoms. The molecule has 4 nitrogen and oxygen atoms in total. The van der Waals surface area contributed by atoms with Crippen molar-refractivity contribution in [2.24, 2.45) is 0 Å². The zero-order valence-electron chi connectivity index (χ0n) is 8.66. The molecular weight excluding hydrogens is 225 g/mol. The maximum absolute atomic E-state index is 11.8. The molecule has 0 radical (unpaired) electrons. The van der Waals surface area contributed by atoms with E-state index in [1.54, 1.807) is 0 Å². The number of fused-ring (bicyclic) bond motifs is 1. The highest BCUT2D eigenvalue weighted by atomic mass is 19.4. The number of rotatable bonds is 0. The van der Waals surface area contributed by atoms with Crippen LogP contribution in [0.3, 0.4) is 0 Å². The van der Waals surface area contributed by atoms with Gasteiger partial charge in [0, 0.05) is 25.7 Å². The molecule has 7 heteroatoms. The summed E-state index contributed by atoms with van der Waals surface area (Å²) in [4.78, 5) is 14.5. The average molecular weight is 238 g/mol. The van der Waals surface area contributed by atoms with Gasteiger partial charge in [0.15, 0.2) is 0 Å². The third-order valence-corrected chi connectivity index (χ3v) is 3.05. The minimum absolute atomic E-state index is 0.203. The Morgan fingerprint density at radius 2 is 2.00 bits per heavy atom. The van der Waals surface area contributed by atoms with Crippen molar-refractivity contribution in [3.63, 3.8) is 0 Å². The number of halogens is 3. The fraction of sp³-hybridized carbons (Fsp3) is 0.889. The third-order valence-electron chi connectivity index (χ3n) is 3.05. The smallest absolute Gasteiger partial charge is 0.356 e. The molecule has 0 aromatic carbocycles. The van der Waals surface area contributed by atoms with E-state index in [4.69, 9.17) is 0 Å². The summed E-state index contributed by atoms with van der Waals surface area (Å²) in [5.41, 5.74) is 0. The zero-order chi connectivity index (χ0) is 11.8. The topological polar surface area (TPSA) is 32.8 Å². The van der Waals surface area contributed by atoms with Crippen molar-refractivity contribution in [1.82, 2.24) is 9.80 Å². The Kier molecular flexibility index (Phi) is 2.96. The Bertz CT molecular complexity index is 282. The molecule has 2 aliphatic heterocycles. The lowest BCUT2D eigenvalue weighted by Crippen LogP contribution is -2.52. The predicted octanol–water partition coefficient (Wildman–Crippen LogP) is 1.42. The molecule has 1 amide bonds. The lowest BCUT2D eigenvalue weighted by molar-refractivity contribution is -0.295. The van der Waals surface area contributed by atoms with Gasteiger partial charge in [0.25, 0.3) is 0 Å². The van der Waals surface area contributed by atoms with Gasteiger partial charge in [0.05, 0.1) is 0 Å². The van der Waals surface area contributed by atoms with E-state index < -0.39 is 12.5 Å². The van der Waals surface area contributed by atoms with Crippen LogP contribution in [0.1, 0.15) is 12.8 Å². The molecule has 1 unspecified atom stereocenters. The van der Waals surface area contributed by atoms with Crippen molar-refractivity contribution in [1.29, 1.82) is 0 Å². The number of alkyl halides is 3. The van der Waals surface area contributed by atoms with Crippen molar-refractivity contribution >= 4 is 6.09 Å².